The number of hydrogen-bond acceptors (Lipinski definition) is 6. The summed E-state index contributed by atoms with van der Waals surface area (Å²) in [6, 6.07) is 21.5. The molecule has 0 bridgehead atoms. The van der Waals surface area contributed by atoms with Gasteiger partial charge in [0, 0.05) is 48.3 Å². The first-order valence-electron chi connectivity index (χ1n) is 12.2. The Morgan fingerprint density at radius 1 is 0.667 bits per heavy atom. The van der Waals surface area contributed by atoms with Crippen LogP contribution in [-0.2, 0) is 0 Å². The van der Waals surface area contributed by atoms with Gasteiger partial charge in [-0.3, -0.25) is 0 Å². The SMILES string of the molecule is C=C/C=C(\C=C\c1nc(-c2cccc(-n3cccn3)c2)nc(-c2cccc(-n3cccn3)c2)n1)n1cccn1. The zero-order chi connectivity index (χ0) is 26.4. The van der Waals surface area contributed by atoms with Crippen molar-refractivity contribution in [2.75, 3.05) is 0 Å². The molecule has 4 heterocycles. The molecule has 188 valence electrons. The van der Waals surface area contributed by atoms with Gasteiger partial charge in [-0.05, 0) is 60.7 Å². The summed E-state index contributed by atoms with van der Waals surface area (Å²) in [5, 5.41) is 13.0. The molecule has 0 saturated heterocycles. The van der Waals surface area contributed by atoms with Crippen LogP contribution in [-0.4, -0.2) is 44.3 Å². The van der Waals surface area contributed by atoms with Crippen LogP contribution >= 0.6 is 0 Å². The quantitative estimate of drug-likeness (QED) is 0.251. The molecule has 2 aromatic carbocycles. The lowest BCUT2D eigenvalue weighted by Gasteiger charge is -2.09. The Hall–Kier alpha value is -5.70. The van der Waals surface area contributed by atoms with Gasteiger partial charge in [0.25, 0.3) is 0 Å². The van der Waals surface area contributed by atoms with Crippen molar-refractivity contribution < 1.29 is 0 Å². The zero-order valence-electron chi connectivity index (χ0n) is 20.9. The molecule has 0 atom stereocenters. The van der Waals surface area contributed by atoms with Gasteiger partial charge in [-0.1, -0.05) is 36.9 Å². The minimum Gasteiger partial charge on any atom is -0.241 e. The summed E-state index contributed by atoms with van der Waals surface area (Å²) < 4.78 is 5.36. The van der Waals surface area contributed by atoms with E-state index in [1.165, 1.54) is 0 Å². The van der Waals surface area contributed by atoms with Crippen molar-refractivity contribution in [2.24, 2.45) is 0 Å². The standard InChI is InChI=1S/C30H23N9/c1-2-8-25(37-18-5-15-31-37)13-14-28-34-29(23-9-3-11-26(21-23)38-19-6-16-32-38)36-30(35-28)24-10-4-12-27(22-24)39-20-7-17-33-39/h2-22H,1H2/b14-13+,25-8+. The third-order valence-corrected chi connectivity index (χ3v) is 5.86. The van der Waals surface area contributed by atoms with E-state index in [4.69, 9.17) is 15.0 Å². The van der Waals surface area contributed by atoms with Gasteiger partial charge in [0.1, 0.15) is 0 Å². The predicted octanol–water partition coefficient (Wildman–Crippen LogP) is 5.51. The highest BCUT2D eigenvalue weighted by atomic mass is 15.3. The normalized spacial score (nSPS) is 11.7. The van der Waals surface area contributed by atoms with Crippen molar-refractivity contribution in [2.45, 2.75) is 0 Å². The third-order valence-electron chi connectivity index (χ3n) is 5.86. The van der Waals surface area contributed by atoms with E-state index in [9.17, 15) is 0 Å². The molecule has 39 heavy (non-hydrogen) atoms. The summed E-state index contributed by atoms with van der Waals surface area (Å²) >= 11 is 0. The number of allylic oxidation sites excluding steroid dienone is 4. The molecule has 0 aliphatic heterocycles. The molecule has 0 fully saturated rings. The molecule has 6 rings (SSSR count). The van der Waals surface area contributed by atoms with Gasteiger partial charge in [-0.25, -0.2) is 29.0 Å². The molecule has 0 amide bonds. The van der Waals surface area contributed by atoms with Crippen molar-refractivity contribution in [3.63, 3.8) is 0 Å². The molecule has 0 saturated carbocycles. The van der Waals surface area contributed by atoms with Crippen molar-refractivity contribution in [1.82, 2.24) is 44.3 Å². The van der Waals surface area contributed by atoms with Gasteiger partial charge >= 0.3 is 0 Å². The fourth-order valence-corrected chi connectivity index (χ4v) is 4.05. The molecule has 6 aromatic rings. The molecule has 4 aromatic heterocycles. The van der Waals surface area contributed by atoms with Crippen LogP contribution in [0.3, 0.4) is 0 Å². The van der Waals surface area contributed by atoms with Gasteiger partial charge < -0.3 is 0 Å². The Labute approximate surface area is 224 Å². The monoisotopic (exact) mass is 509 g/mol. The maximum atomic E-state index is 4.87. The fourth-order valence-electron chi connectivity index (χ4n) is 4.05. The first-order chi connectivity index (χ1) is 19.3. The highest BCUT2D eigenvalue weighted by molar-refractivity contribution is 5.69. The topological polar surface area (TPSA) is 92.1 Å². The first kappa shape index (κ1) is 23.7. The Balaban J connectivity index is 1.46. The maximum Gasteiger partial charge on any atom is 0.164 e. The highest BCUT2D eigenvalue weighted by Crippen LogP contribution is 2.24. The molecule has 0 N–H and O–H groups in total. The van der Waals surface area contributed by atoms with E-state index in [2.05, 4.69) is 21.9 Å². The second-order valence-electron chi connectivity index (χ2n) is 8.45. The van der Waals surface area contributed by atoms with Gasteiger partial charge in [0.2, 0.25) is 0 Å². The van der Waals surface area contributed by atoms with E-state index < -0.39 is 0 Å². The van der Waals surface area contributed by atoms with Crippen LogP contribution in [0.15, 0.2) is 129 Å². The smallest absolute Gasteiger partial charge is 0.164 e. The lowest BCUT2D eigenvalue weighted by Crippen LogP contribution is -2.02. The summed E-state index contributed by atoms with van der Waals surface area (Å²) in [4.78, 5) is 14.5. The Morgan fingerprint density at radius 3 is 1.77 bits per heavy atom. The van der Waals surface area contributed by atoms with Crippen LogP contribution < -0.4 is 0 Å². The molecular formula is C30H23N9. The number of hydrogen-bond donors (Lipinski definition) is 0. The molecular weight excluding hydrogens is 486 g/mol. The molecule has 0 radical (unpaired) electrons. The summed E-state index contributed by atoms with van der Waals surface area (Å²) in [6.45, 7) is 3.82. The van der Waals surface area contributed by atoms with Crippen LogP contribution in [0.4, 0.5) is 0 Å². The first-order valence-corrected chi connectivity index (χ1v) is 12.2. The number of aromatic nitrogens is 9. The average Bonchev–Trinajstić information content (AvgIpc) is 3.79. The Kier molecular flexibility index (Phi) is 6.52. The second-order valence-corrected chi connectivity index (χ2v) is 8.45. The Bertz CT molecular complexity index is 1670. The molecule has 0 aliphatic carbocycles. The van der Waals surface area contributed by atoms with E-state index in [1.807, 2.05) is 104 Å². The number of rotatable bonds is 8. The third kappa shape index (κ3) is 5.23. The fraction of sp³-hybridized carbons (Fsp3) is 0. The van der Waals surface area contributed by atoms with Crippen LogP contribution in [0.1, 0.15) is 5.82 Å². The molecule has 0 unspecified atom stereocenters. The molecule has 0 spiro atoms. The zero-order valence-corrected chi connectivity index (χ0v) is 20.9. The molecule has 9 heteroatoms. The van der Waals surface area contributed by atoms with Gasteiger partial charge in [-0.15, -0.1) is 0 Å². The molecule has 9 nitrogen and oxygen atoms in total. The summed E-state index contributed by atoms with van der Waals surface area (Å²) in [6.07, 6.45) is 18.2. The van der Waals surface area contributed by atoms with E-state index in [1.54, 1.807) is 38.7 Å². The predicted molar refractivity (Wildman–Crippen MR) is 151 cm³/mol. The Morgan fingerprint density at radius 2 is 1.26 bits per heavy atom. The average molecular weight is 510 g/mol. The van der Waals surface area contributed by atoms with Gasteiger partial charge in [0.05, 0.1) is 17.1 Å². The largest absolute Gasteiger partial charge is 0.241 e. The lowest BCUT2D eigenvalue weighted by atomic mass is 10.1. The van der Waals surface area contributed by atoms with Crippen molar-refractivity contribution in [1.29, 1.82) is 0 Å². The van der Waals surface area contributed by atoms with Crippen LogP contribution in [0.25, 0.3) is 45.9 Å². The minimum absolute atomic E-state index is 0.506. The van der Waals surface area contributed by atoms with Gasteiger partial charge in [0.15, 0.2) is 17.5 Å². The van der Waals surface area contributed by atoms with E-state index in [0.29, 0.717) is 17.5 Å². The summed E-state index contributed by atoms with van der Waals surface area (Å²) in [5.41, 5.74) is 4.33. The summed E-state index contributed by atoms with van der Waals surface area (Å²) in [7, 11) is 0. The van der Waals surface area contributed by atoms with Crippen molar-refractivity contribution >= 4 is 11.8 Å². The minimum atomic E-state index is 0.506. The van der Waals surface area contributed by atoms with E-state index in [-0.39, 0.29) is 0 Å². The number of nitrogens with zero attached hydrogens (tertiary/aromatic N) is 9. The van der Waals surface area contributed by atoms with E-state index >= 15 is 0 Å². The highest BCUT2D eigenvalue weighted by Gasteiger charge is 2.12. The van der Waals surface area contributed by atoms with Crippen LogP contribution in [0, 0.1) is 0 Å². The second kappa shape index (κ2) is 10.7. The van der Waals surface area contributed by atoms with Crippen LogP contribution in [0.5, 0.6) is 0 Å². The van der Waals surface area contributed by atoms with Gasteiger partial charge in [-0.2, -0.15) is 15.3 Å². The van der Waals surface area contributed by atoms with Crippen molar-refractivity contribution in [3.05, 3.63) is 135 Å². The summed E-state index contributed by atoms with van der Waals surface area (Å²) in [5.74, 6) is 1.60. The van der Waals surface area contributed by atoms with Crippen LogP contribution in [0.2, 0.25) is 0 Å². The van der Waals surface area contributed by atoms with E-state index in [0.717, 1.165) is 28.2 Å². The maximum absolute atomic E-state index is 4.87. The molecule has 0 aliphatic rings. The number of benzene rings is 2. The lowest BCUT2D eigenvalue weighted by molar-refractivity contribution is 0.880. The van der Waals surface area contributed by atoms with Crippen molar-refractivity contribution in [3.8, 4) is 34.2 Å².